The molecule has 0 aliphatic carbocycles. The van der Waals surface area contributed by atoms with Gasteiger partial charge in [-0.2, -0.15) is 0 Å². The van der Waals surface area contributed by atoms with Crippen LogP contribution < -0.4 is 9.62 Å². The van der Waals surface area contributed by atoms with Gasteiger partial charge in [-0.25, -0.2) is 8.42 Å². The SMILES string of the molecule is CC[C@@H](C)NC(=O)[C@H](CC)N(Cc1ccccc1Cl)C(=O)CCCN(c1cccc(Cl)c1)S(C)(=O)=O. The standard InChI is InChI=1S/C26H35Cl2N3O4S/c1-5-19(3)29-26(33)24(6-2)30(18-20-11-7-8-14-23(20)28)25(32)15-10-16-31(36(4,34)35)22-13-9-12-21(27)17-22/h7-9,11-14,17,19,24H,5-6,10,15-16,18H2,1-4H3,(H,29,33)/t19-,24+/m1/s1. The number of benzene rings is 2. The fourth-order valence-electron chi connectivity index (χ4n) is 3.81. The number of nitrogens with zero attached hydrogens (tertiary/aromatic N) is 2. The van der Waals surface area contributed by atoms with Crippen molar-refractivity contribution in [1.29, 1.82) is 0 Å². The van der Waals surface area contributed by atoms with Crippen molar-refractivity contribution >= 4 is 50.7 Å². The average molecular weight is 557 g/mol. The maximum absolute atomic E-state index is 13.5. The molecule has 2 aromatic carbocycles. The lowest BCUT2D eigenvalue weighted by Crippen LogP contribution is -2.50. The van der Waals surface area contributed by atoms with Crippen LogP contribution in [0.2, 0.25) is 10.0 Å². The second-order valence-corrected chi connectivity index (χ2v) is 11.5. The van der Waals surface area contributed by atoms with E-state index in [0.717, 1.165) is 18.2 Å². The molecule has 0 aromatic heterocycles. The van der Waals surface area contributed by atoms with Gasteiger partial charge < -0.3 is 10.2 Å². The highest BCUT2D eigenvalue weighted by Gasteiger charge is 2.29. The molecule has 0 aliphatic rings. The molecular formula is C26H35Cl2N3O4S. The smallest absolute Gasteiger partial charge is 0.243 e. The number of sulfonamides is 1. The zero-order chi connectivity index (χ0) is 26.9. The van der Waals surface area contributed by atoms with E-state index >= 15 is 0 Å². The number of carbonyl (C=O) groups is 2. The Hall–Kier alpha value is -2.29. The summed E-state index contributed by atoms with van der Waals surface area (Å²) >= 11 is 12.4. The molecule has 0 heterocycles. The Morgan fingerprint density at radius 3 is 2.31 bits per heavy atom. The highest BCUT2D eigenvalue weighted by Crippen LogP contribution is 2.24. The minimum Gasteiger partial charge on any atom is -0.352 e. The van der Waals surface area contributed by atoms with Crippen molar-refractivity contribution in [3.63, 3.8) is 0 Å². The molecule has 0 spiro atoms. The van der Waals surface area contributed by atoms with Crippen LogP contribution in [-0.2, 0) is 26.2 Å². The van der Waals surface area contributed by atoms with Crippen LogP contribution in [0.15, 0.2) is 48.5 Å². The summed E-state index contributed by atoms with van der Waals surface area (Å²) in [4.78, 5) is 28.1. The summed E-state index contributed by atoms with van der Waals surface area (Å²) in [5.74, 6) is -0.468. The fourth-order valence-corrected chi connectivity index (χ4v) is 5.14. The van der Waals surface area contributed by atoms with E-state index < -0.39 is 16.1 Å². The quantitative estimate of drug-likeness (QED) is 0.365. The number of carbonyl (C=O) groups excluding carboxylic acids is 2. The lowest BCUT2D eigenvalue weighted by Gasteiger charge is -2.32. The Morgan fingerprint density at radius 2 is 1.72 bits per heavy atom. The van der Waals surface area contributed by atoms with Crippen molar-refractivity contribution in [2.45, 2.75) is 65.1 Å². The summed E-state index contributed by atoms with van der Waals surface area (Å²) in [5.41, 5.74) is 1.17. The molecule has 2 rings (SSSR count). The van der Waals surface area contributed by atoms with Gasteiger partial charge in [-0.15, -0.1) is 0 Å². The summed E-state index contributed by atoms with van der Waals surface area (Å²) < 4.78 is 26.1. The Bertz CT molecular complexity index is 1140. The van der Waals surface area contributed by atoms with Crippen molar-refractivity contribution < 1.29 is 18.0 Å². The summed E-state index contributed by atoms with van der Waals surface area (Å²) in [6, 6.07) is 13.1. The first-order valence-electron chi connectivity index (χ1n) is 12.0. The van der Waals surface area contributed by atoms with Crippen molar-refractivity contribution in [1.82, 2.24) is 10.2 Å². The minimum atomic E-state index is -3.59. The molecular weight excluding hydrogens is 521 g/mol. The van der Waals surface area contributed by atoms with Gasteiger partial charge in [0, 0.05) is 35.6 Å². The lowest BCUT2D eigenvalue weighted by molar-refractivity contribution is -0.141. The average Bonchev–Trinajstić information content (AvgIpc) is 2.81. The maximum atomic E-state index is 13.5. The van der Waals surface area contributed by atoms with Crippen LogP contribution in [0, 0.1) is 0 Å². The lowest BCUT2D eigenvalue weighted by atomic mass is 10.1. The summed E-state index contributed by atoms with van der Waals surface area (Å²) in [6.45, 7) is 6.03. The summed E-state index contributed by atoms with van der Waals surface area (Å²) in [5, 5.41) is 3.90. The van der Waals surface area contributed by atoms with Gasteiger partial charge >= 0.3 is 0 Å². The molecule has 36 heavy (non-hydrogen) atoms. The van der Waals surface area contributed by atoms with E-state index in [2.05, 4.69) is 5.32 Å². The van der Waals surface area contributed by atoms with Gasteiger partial charge in [0.25, 0.3) is 0 Å². The van der Waals surface area contributed by atoms with Crippen LogP contribution in [0.3, 0.4) is 0 Å². The van der Waals surface area contributed by atoms with Crippen LogP contribution in [0.1, 0.15) is 52.0 Å². The van der Waals surface area contributed by atoms with Gasteiger partial charge in [0.05, 0.1) is 11.9 Å². The molecule has 0 saturated carbocycles. The predicted molar refractivity (Wildman–Crippen MR) is 147 cm³/mol. The molecule has 10 heteroatoms. The molecule has 0 unspecified atom stereocenters. The van der Waals surface area contributed by atoms with E-state index in [1.807, 2.05) is 32.9 Å². The zero-order valence-electron chi connectivity index (χ0n) is 21.2. The van der Waals surface area contributed by atoms with E-state index in [4.69, 9.17) is 23.2 Å². The summed E-state index contributed by atoms with van der Waals surface area (Å²) in [7, 11) is -3.59. The molecule has 2 aromatic rings. The van der Waals surface area contributed by atoms with Crippen molar-refractivity contribution in [3.05, 3.63) is 64.1 Å². The monoisotopic (exact) mass is 555 g/mol. The van der Waals surface area contributed by atoms with Gasteiger partial charge in [0.15, 0.2) is 0 Å². The number of amides is 2. The molecule has 0 aliphatic heterocycles. The van der Waals surface area contributed by atoms with E-state index in [-0.39, 0.29) is 43.8 Å². The van der Waals surface area contributed by atoms with E-state index in [9.17, 15) is 18.0 Å². The highest BCUT2D eigenvalue weighted by molar-refractivity contribution is 7.92. The van der Waals surface area contributed by atoms with E-state index in [1.54, 1.807) is 41.3 Å². The Kier molecular flexibility index (Phi) is 11.5. The van der Waals surface area contributed by atoms with Crippen molar-refractivity contribution in [3.8, 4) is 0 Å². The number of nitrogens with one attached hydrogen (secondary N) is 1. The summed E-state index contributed by atoms with van der Waals surface area (Å²) in [6.07, 6.45) is 2.64. The van der Waals surface area contributed by atoms with Crippen LogP contribution >= 0.6 is 23.2 Å². The first-order valence-corrected chi connectivity index (χ1v) is 14.6. The highest BCUT2D eigenvalue weighted by atomic mass is 35.5. The molecule has 0 fully saturated rings. The van der Waals surface area contributed by atoms with Gasteiger partial charge in [-0.05, 0) is 56.0 Å². The third-order valence-electron chi connectivity index (χ3n) is 5.93. The number of halogens is 2. The molecule has 2 atom stereocenters. The molecule has 2 amide bonds. The third-order valence-corrected chi connectivity index (χ3v) is 7.73. The molecule has 1 N–H and O–H groups in total. The van der Waals surface area contributed by atoms with Crippen molar-refractivity contribution in [2.75, 3.05) is 17.1 Å². The molecule has 0 saturated heterocycles. The van der Waals surface area contributed by atoms with Crippen LogP contribution in [0.25, 0.3) is 0 Å². The van der Waals surface area contributed by atoms with Crippen LogP contribution in [0.4, 0.5) is 5.69 Å². The Morgan fingerprint density at radius 1 is 1.03 bits per heavy atom. The molecule has 7 nitrogen and oxygen atoms in total. The zero-order valence-corrected chi connectivity index (χ0v) is 23.5. The number of hydrogen-bond acceptors (Lipinski definition) is 4. The number of hydrogen-bond donors (Lipinski definition) is 1. The first-order chi connectivity index (χ1) is 17.0. The van der Waals surface area contributed by atoms with Gasteiger partial charge in [-0.1, -0.05) is 61.3 Å². The molecule has 198 valence electrons. The Balaban J connectivity index is 2.24. The first kappa shape index (κ1) is 29.9. The second-order valence-electron chi connectivity index (χ2n) is 8.77. The second kappa shape index (κ2) is 13.9. The number of rotatable bonds is 13. The maximum Gasteiger partial charge on any atom is 0.243 e. The van der Waals surface area contributed by atoms with Gasteiger partial charge in [-0.3, -0.25) is 13.9 Å². The number of anilines is 1. The van der Waals surface area contributed by atoms with E-state index in [1.165, 1.54) is 4.31 Å². The van der Waals surface area contributed by atoms with Crippen LogP contribution in [0.5, 0.6) is 0 Å². The molecule has 0 radical (unpaired) electrons. The normalized spacial score (nSPS) is 13.1. The Labute approximate surface area is 224 Å². The van der Waals surface area contributed by atoms with E-state index in [0.29, 0.717) is 22.2 Å². The third kappa shape index (κ3) is 8.68. The largest absolute Gasteiger partial charge is 0.352 e. The topological polar surface area (TPSA) is 86.8 Å². The fraction of sp³-hybridized carbons (Fsp3) is 0.462. The predicted octanol–water partition coefficient (Wildman–Crippen LogP) is 5.26. The van der Waals surface area contributed by atoms with Crippen LogP contribution in [-0.4, -0.2) is 50.0 Å². The minimum absolute atomic E-state index is 0.0233. The van der Waals surface area contributed by atoms with Gasteiger partial charge in [0.1, 0.15) is 6.04 Å². The van der Waals surface area contributed by atoms with Gasteiger partial charge in [0.2, 0.25) is 21.8 Å². The van der Waals surface area contributed by atoms with Crippen molar-refractivity contribution in [2.24, 2.45) is 0 Å². The molecule has 0 bridgehead atoms.